The molecule has 4 rings (SSSR count). The Morgan fingerprint density at radius 3 is 2.49 bits per heavy atom. The summed E-state index contributed by atoms with van der Waals surface area (Å²) in [5, 5.41) is 17.2. The van der Waals surface area contributed by atoms with E-state index in [1.807, 2.05) is 6.07 Å². The number of nitrogens with two attached hydrogens (primary N) is 1. The molecule has 0 spiro atoms. The third kappa shape index (κ3) is 6.79. The summed E-state index contributed by atoms with van der Waals surface area (Å²) in [7, 11) is -3.32. The minimum absolute atomic E-state index is 0.115. The van der Waals surface area contributed by atoms with Gasteiger partial charge in [0.2, 0.25) is 5.60 Å². The number of nitrogens with zero attached hydrogens (tertiary/aromatic N) is 3. The monoisotopic (exact) mass is 615 g/mol. The van der Waals surface area contributed by atoms with E-state index in [4.69, 9.17) is 33.7 Å². The molecule has 1 aliphatic rings. The van der Waals surface area contributed by atoms with Crippen molar-refractivity contribution in [3.05, 3.63) is 60.4 Å². The van der Waals surface area contributed by atoms with Crippen molar-refractivity contribution >= 4 is 36.9 Å². The van der Waals surface area contributed by atoms with E-state index in [9.17, 15) is 24.2 Å². The standard InChI is InChI=1S/C27H30N5O10P/c1-16(26(35)37-4)31-43(36,42-19-8-6-5-7-9-19)38-15-27(14-28)25(40-18(3)34)24(39-17(2)33)23(41-27)22-11-10-21-20(29)12-13-30-32(21)22/h5-13,16,23-25H,15,29H2,1-4H3,(H,31,36)/t16-,23-,24-,25-,27+,43+/m0/s1. The van der Waals surface area contributed by atoms with Crippen LogP contribution in [0.15, 0.2) is 54.7 Å². The Balaban J connectivity index is 1.75. The molecule has 0 unspecified atom stereocenters. The molecule has 2 aromatic heterocycles. The van der Waals surface area contributed by atoms with Crippen molar-refractivity contribution in [1.82, 2.24) is 14.7 Å². The van der Waals surface area contributed by atoms with Gasteiger partial charge in [-0.25, -0.2) is 9.08 Å². The summed E-state index contributed by atoms with van der Waals surface area (Å²) in [4.78, 5) is 36.6. The molecule has 0 bridgehead atoms. The first kappa shape index (κ1) is 31.5. The molecule has 6 atom stereocenters. The summed E-state index contributed by atoms with van der Waals surface area (Å²) in [6.45, 7) is 2.77. The maximum absolute atomic E-state index is 14.0. The summed E-state index contributed by atoms with van der Waals surface area (Å²) in [5.74, 6) is -2.24. The molecule has 1 fully saturated rings. The molecule has 3 heterocycles. The number of ether oxygens (including phenoxy) is 4. The van der Waals surface area contributed by atoms with Crippen LogP contribution in [0.2, 0.25) is 0 Å². The molecule has 0 amide bonds. The van der Waals surface area contributed by atoms with E-state index < -0.39 is 62.2 Å². The van der Waals surface area contributed by atoms with E-state index in [1.165, 1.54) is 29.8 Å². The highest BCUT2D eigenvalue weighted by Crippen LogP contribution is 2.49. The molecule has 15 nitrogen and oxygen atoms in total. The van der Waals surface area contributed by atoms with Crippen LogP contribution in [-0.2, 0) is 42.4 Å². The largest absolute Gasteiger partial charge is 0.468 e. The Hall–Kier alpha value is -4.48. The summed E-state index contributed by atoms with van der Waals surface area (Å²) >= 11 is 0. The first-order valence-electron chi connectivity index (χ1n) is 12.9. The number of aromatic nitrogens is 2. The molecule has 0 aliphatic carbocycles. The van der Waals surface area contributed by atoms with Gasteiger partial charge in [-0.05, 0) is 37.3 Å². The van der Waals surface area contributed by atoms with Gasteiger partial charge in [-0.2, -0.15) is 15.4 Å². The second-order valence-corrected chi connectivity index (χ2v) is 11.2. The fourth-order valence-electron chi connectivity index (χ4n) is 4.54. The van der Waals surface area contributed by atoms with Crippen molar-refractivity contribution in [2.24, 2.45) is 0 Å². The van der Waals surface area contributed by atoms with Crippen molar-refractivity contribution in [2.45, 2.75) is 50.7 Å². The van der Waals surface area contributed by atoms with E-state index in [-0.39, 0.29) is 5.75 Å². The predicted molar refractivity (Wildman–Crippen MR) is 148 cm³/mol. The van der Waals surface area contributed by atoms with Crippen LogP contribution in [0, 0.1) is 11.3 Å². The average molecular weight is 616 g/mol. The summed E-state index contributed by atoms with van der Waals surface area (Å²) in [6, 6.07) is 13.5. The van der Waals surface area contributed by atoms with Gasteiger partial charge in [0.05, 0.1) is 24.0 Å². The van der Waals surface area contributed by atoms with Gasteiger partial charge >= 0.3 is 25.7 Å². The highest BCUT2D eigenvalue weighted by molar-refractivity contribution is 7.52. The highest BCUT2D eigenvalue weighted by Gasteiger charge is 2.62. The average Bonchev–Trinajstić information content (AvgIpc) is 3.52. The fraction of sp³-hybridized carbons (Fsp3) is 0.370. The van der Waals surface area contributed by atoms with Gasteiger partial charge < -0.3 is 29.2 Å². The predicted octanol–water partition coefficient (Wildman–Crippen LogP) is 2.47. The van der Waals surface area contributed by atoms with Gasteiger partial charge in [-0.15, -0.1) is 0 Å². The van der Waals surface area contributed by atoms with E-state index in [0.29, 0.717) is 16.9 Å². The number of rotatable bonds is 11. The molecular weight excluding hydrogens is 585 g/mol. The normalized spacial score (nSPS) is 23.5. The number of methoxy groups -OCH3 is 1. The molecular formula is C27H30N5O10P. The molecule has 228 valence electrons. The third-order valence-electron chi connectivity index (χ3n) is 6.41. The van der Waals surface area contributed by atoms with Crippen LogP contribution in [0.5, 0.6) is 5.75 Å². The number of nitriles is 1. The Morgan fingerprint density at radius 1 is 1.16 bits per heavy atom. The lowest BCUT2D eigenvalue weighted by molar-refractivity contribution is -0.166. The molecule has 0 saturated carbocycles. The number of esters is 3. The van der Waals surface area contributed by atoms with Gasteiger partial charge in [0, 0.05) is 20.0 Å². The lowest BCUT2D eigenvalue weighted by Crippen LogP contribution is -2.49. The number of hydrogen-bond acceptors (Lipinski definition) is 13. The molecule has 3 aromatic rings. The van der Waals surface area contributed by atoms with Crippen LogP contribution < -0.4 is 15.3 Å². The molecule has 3 N–H and O–H groups in total. The van der Waals surface area contributed by atoms with Gasteiger partial charge in [0.25, 0.3) is 0 Å². The van der Waals surface area contributed by atoms with E-state index in [1.54, 1.807) is 36.4 Å². The molecule has 1 saturated heterocycles. The first-order chi connectivity index (χ1) is 20.4. The summed E-state index contributed by atoms with van der Waals surface area (Å²) in [6.07, 6.45) is -2.73. The fourth-order valence-corrected chi connectivity index (χ4v) is 6.06. The minimum atomic E-state index is -4.47. The lowest BCUT2D eigenvalue weighted by Gasteiger charge is -2.30. The smallest absolute Gasteiger partial charge is 0.459 e. The molecule has 1 aromatic carbocycles. The van der Waals surface area contributed by atoms with Crippen molar-refractivity contribution in [1.29, 1.82) is 5.26 Å². The van der Waals surface area contributed by atoms with Gasteiger partial charge in [-0.3, -0.25) is 18.9 Å². The first-order valence-corrected chi connectivity index (χ1v) is 14.5. The summed E-state index contributed by atoms with van der Waals surface area (Å²) < 4.78 is 48.7. The van der Waals surface area contributed by atoms with Crippen LogP contribution in [0.4, 0.5) is 5.69 Å². The number of anilines is 1. The molecule has 16 heteroatoms. The third-order valence-corrected chi connectivity index (χ3v) is 8.03. The Labute approximate surface area is 246 Å². The topological polar surface area (TPSA) is 203 Å². The van der Waals surface area contributed by atoms with Crippen LogP contribution in [0.1, 0.15) is 32.6 Å². The zero-order valence-corrected chi connectivity index (χ0v) is 24.6. The van der Waals surface area contributed by atoms with Crippen LogP contribution in [0.25, 0.3) is 5.52 Å². The molecule has 43 heavy (non-hydrogen) atoms. The van der Waals surface area contributed by atoms with Crippen molar-refractivity contribution < 1.29 is 46.9 Å². The second-order valence-electron chi connectivity index (χ2n) is 9.53. The maximum atomic E-state index is 14.0. The SMILES string of the molecule is COC(=O)[C@H](C)N[P@@](=O)(OC[C@@]1(C#N)O[C@@H](c2ccc3c(N)ccnn23)[C@H](OC(C)=O)[C@@H]1OC(C)=O)Oc1ccccc1. The van der Waals surface area contributed by atoms with Gasteiger partial charge in [-0.1, -0.05) is 18.2 Å². The van der Waals surface area contributed by atoms with Crippen molar-refractivity contribution in [2.75, 3.05) is 19.5 Å². The zero-order chi connectivity index (χ0) is 31.4. The van der Waals surface area contributed by atoms with E-state index >= 15 is 0 Å². The van der Waals surface area contributed by atoms with Crippen LogP contribution >= 0.6 is 7.75 Å². The minimum Gasteiger partial charge on any atom is -0.468 e. The number of hydrogen-bond donors (Lipinski definition) is 2. The second kappa shape index (κ2) is 12.8. The number of carbonyl (C=O) groups is 3. The quantitative estimate of drug-likeness (QED) is 0.181. The van der Waals surface area contributed by atoms with Crippen LogP contribution in [0.3, 0.4) is 0 Å². The number of fused-ring (bicyclic) bond motifs is 1. The zero-order valence-electron chi connectivity index (χ0n) is 23.7. The molecule has 1 aliphatic heterocycles. The number of carbonyl (C=O) groups excluding carboxylic acids is 3. The lowest BCUT2D eigenvalue weighted by atomic mass is 9.95. The highest BCUT2D eigenvalue weighted by atomic mass is 31.2. The van der Waals surface area contributed by atoms with E-state index in [0.717, 1.165) is 21.0 Å². The summed E-state index contributed by atoms with van der Waals surface area (Å²) in [5.41, 5.74) is 5.07. The Morgan fingerprint density at radius 2 is 1.86 bits per heavy atom. The Kier molecular flexibility index (Phi) is 9.37. The number of para-hydroxylation sites is 1. The number of nitrogens with one attached hydrogen (secondary N) is 1. The van der Waals surface area contributed by atoms with Crippen molar-refractivity contribution in [3.8, 4) is 11.8 Å². The van der Waals surface area contributed by atoms with Crippen LogP contribution in [-0.4, -0.2) is 65.1 Å². The van der Waals surface area contributed by atoms with E-state index in [2.05, 4.69) is 10.2 Å². The maximum Gasteiger partial charge on any atom is 0.459 e. The van der Waals surface area contributed by atoms with Crippen molar-refractivity contribution in [3.63, 3.8) is 0 Å². The Bertz CT molecular complexity index is 1590. The number of benzene rings is 1. The van der Waals surface area contributed by atoms with Gasteiger partial charge in [0.1, 0.15) is 30.6 Å². The van der Waals surface area contributed by atoms with Gasteiger partial charge in [0.15, 0.2) is 12.2 Å². The molecule has 0 radical (unpaired) electrons. The number of nitrogen functional groups attached to an aromatic ring is 1.